The molecule has 0 spiro atoms. The molecule has 0 aromatic heterocycles. The van der Waals surface area contributed by atoms with Crippen LogP contribution in [0.2, 0.25) is 0 Å². The summed E-state index contributed by atoms with van der Waals surface area (Å²) in [6.07, 6.45) is 6.26. The van der Waals surface area contributed by atoms with Crippen molar-refractivity contribution >= 4 is 17.8 Å². The molecule has 138 valence electrons. The molecule has 0 radical (unpaired) electrons. The molecule has 3 aliphatic rings. The van der Waals surface area contributed by atoms with Crippen LogP contribution >= 0.6 is 0 Å². The highest BCUT2D eigenvalue weighted by molar-refractivity contribution is 6.06. The van der Waals surface area contributed by atoms with E-state index in [1.165, 1.54) is 4.90 Å². The van der Waals surface area contributed by atoms with Gasteiger partial charge >= 0.3 is 0 Å². The van der Waals surface area contributed by atoms with Gasteiger partial charge in [-0.05, 0) is 30.1 Å². The topological polar surface area (TPSA) is 73.8 Å². The predicted molar refractivity (Wildman–Crippen MR) is 97.9 cm³/mol. The van der Waals surface area contributed by atoms with Crippen molar-refractivity contribution in [2.24, 2.45) is 34.1 Å². The van der Waals surface area contributed by atoms with Crippen molar-refractivity contribution in [3.63, 3.8) is 0 Å². The van der Waals surface area contributed by atoms with Gasteiger partial charge in [0, 0.05) is 26.7 Å². The van der Waals surface area contributed by atoms with Crippen LogP contribution in [0, 0.1) is 29.1 Å². The Morgan fingerprint density at radius 3 is 2.20 bits per heavy atom. The minimum atomic E-state index is -0.105. The molecule has 3 rings (SSSR count). The Hall–Kier alpha value is -1.85. The number of likely N-dealkylation sites (tertiary alicyclic amines) is 1. The smallest absolute Gasteiger partial charge is 0.233 e. The Morgan fingerprint density at radius 2 is 1.68 bits per heavy atom. The van der Waals surface area contributed by atoms with E-state index in [0.29, 0.717) is 19.0 Å². The van der Waals surface area contributed by atoms with E-state index >= 15 is 0 Å². The Labute approximate surface area is 150 Å². The Bertz CT molecular complexity index is 575. The molecule has 0 aromatic carbocycles. The molecule has 1 saturated carbocycles. The van der Waals surface area contributed by atoms with E-state index in [0.717, 1.165) is 19.4 Å². The lowest BCUT2D eigenvalue weighted by molar-refractivity contribution is -0.140. The number of amides is 2. The Balaban J connectivity index is 1.46. The van der Waals surface area contributed by atoms with Crippen molar-refractivity contribution in [3.8, 4) is 0 Å². The van der Waals surface area contributed by atoms with Gasteiger partial charge in [0.05, 0.1) is 11.8 Å². The molecule has 4 unspecified atom stereocenters. The molecule has 1 aliphatic heterocycles. The fraction of sp³-hybridized carbons (Fsp3) is 0.737. The largest absolute Gasteiger partial charge is 0.356 e. The molecule has 2 fully saturated rings. The van der Waals surface area contributed by atoms with Gasteiger partial charge in [0.2, 0.25) is 11.8 Å². The van der Waals surface area contributed by atoms with Gasteiger partial charge in [0.25, 0.3) is 0 Å². The molecule has 1 saturated heterocycles. The lowest BCUT2D eigenvalue weighted by atomic mass is 9.85. The zero-order valence-corrected chi connectivity index (χ0v) is 15.7. The molecule has 2 aliphatic carbocycles. The van der Waals surface area contributed by atoms with Gasteiger partial charge in [-0.25, -0.2) is 0 Å². The standard InChI is InChI=1S/C19H30N4O2/c1-19(2,3)7-8-21-18(20-4)22-9-10-23-16(24)14-12-5-6-13(11-12)15(14)17(23)25/h5-6,12-15H,7-11H2,1-4H3,(H2,20,21,22). The number of guanidine groups is 1. The molecule has 6 heteroatoms. The maximum absolute atomic E-state index is 12.6. The van der Waals surface area contributed by atoms with Crippen LogP contribution in [0.15, 0.2) is 17.1 Å². The molecular weight excluding hydrogens is 316 g/mol. The van der Waals surface area contributed by atoms with Crippen LogP contribution in [-0.2, 0) is 9.59 Å². The maximum Gasteiger partial charge on any atom is 0.233 e. The normalized spacial score (nSPS) is 31.0. The van der Waals surface area contributed by atoms with Crippen molar-refractivity contribution in [1.29, 1.82) is 0 Å². The van der Waals surface area contributed by atoms with E-state index in [2.05, 4.69) is 48.5 Å². The highest BCUT2D eigenvalue weighted by atomic mass is 16.2. The predicted octanol–water partition coefficient (Wildman–Crippen LogP) is 1.39. The molecule has 6 nitrogen and oxygen atoms in total. The molecule has 25 heavy (non-hydrogen) atoms. The third kappa shape index (κ3) is 3.58. The van der Waals surface area contributed by atoms with Crippen LogP contribution in [0.3, 0.4) is 0 Å². The van der Waals surface area contributed by atoms with Crippen LogP contribution in [0.25, 0.3) is 0 Å². The van der Waals surface area contributed by atoms with Gasteiger partial charge in [-0.2, -0.15) is 0 Å². The molecule has 4 atom stereocenters. The van der Waals surface area contributed by atoms with Crippen LogP contribution < -0.4 is 10.6 Å². The molecule has 2 amide bonds. The highest BCUT2D eigenvalue weighted by Gasteiger charge is 2.58. The summed E-state index contributed by atoms with van der Waals surface area (Å²) in [6, 6.07) is 0. The molecule has 2 bridgehead atoms. The summed E-state index contributed by atoms with van der Waals surface area (Å²) in [4.78, 5) is 30.9. The van der Waals surface area contributed by atoms with Crippen molar-refractivity contribution in [1.82, 2.24) is 15.5 Å². The number of carbonyl (C=O) groups excluding carboxylic acids is 2. The number of nitrogens with one attached hydrogen (secondary N) is 2. The Morgan fingerprint density at radius 1 is 1.12 bits per heavy atom. The van der Waals surface area contributed by atoms with Gasteiger partial charge < -0.3 is 10.6 Å². The first-order valence-electron chi connectivity index (χ1n) is 9.30. The van der Waals surface area contributed by atoms with Crippen LogP contribution in [0.5, 0.6) is 0 Å². The SMILES string of the molecule is CN=C(NCCN1C(=O)C2C3C=CC(C3)C2C1=O)NCCC(C)(C)C. The van der Waals surface area contributed by atoms with Crippen molar-refractivity contribution in [2.45, 2.75) is 33.6 Å². The van der Waals surface area contributed by atoms with Crippen molar-refractivity contribution in [2.75, 3.05) is 26.7 Å². The van der Waals surface area contributed by atoms with Crippen LogP contribution in [0.1, 0.15) is 33.6 Å². The minimum Gasteiger partial charge on any atom is -0.356 e. The second-order valence-electron chi connectivity index (χ2n) is 8.56. The number of imide groups is 1. The number of hydrogen-bond acceptors (Lipinski definition) is 3. The van der Waals surface area contributed by atoms with E-state index in [4.69, 9.17) is 0 Å². The zero-order valence-electron chi connectivity index (χ0n) is 15.7. The minimum absolute atomic E-state index is 0.0179. The summed E-state index contributed by atoms with van der Waals surface area (Å²) in [6.45, 7) is 8.37. The summed E-state index contributed by atoms with van der Waals surface area (Å²) < 4.78 is 0. The number of aliphatic imine (C=N–C) groups is 1. The van der Waals surface area contributed by atoms with Gasteiger partial charge in [-0.15, -0.1) is 0 Å². The van der Waals surface area contributed by atoms with Crippen LogP contribution in [-0.4, -0.2) is 49.4 Å². The van der Waals surface area contributed by atoms with Gasteiger partial charge in [-0.3, -0.25) is 19.5 Å². The maximum atomic E-state index is 12.6. The monoisotopic (exact) mass is 346 g/mol. The summed E-state index contributed by atoms with van der Waals surface area (Å²) >= 11 is 0. The Kier molecular flexibility index (Phi) is 4.89. The number of carbonyl (C=O) groups is 2. The second kappa shape index (κ2) is 6.81. The average Bonchev–Trinajstić information content (AvgIpc) is 3.21. The first-order valence-corrected chi connectivity index (χ1v) is 9.30. The number of nitrogens with zero attached hydrogens (tertiary/aromatic N) is 2. The summed E-state index contributed by atoms with van der Waals surface area (Å²) in [5.74, 6) is 1.09. The summed E-state index contributed by atoms with van der Waals surface area (Å²) in [5, 5.41) is 6.48. The fourth-order valence-corrected chi connectivity index (χ4v) is 4.25. The van der Waals surface area contributed by atoms with Gasteiger partial charge in [0.15, 0.2) is 5.96 Å². The number of allylic oxidation sites excluding steroid dienone is 2. The number of fused-ring (bicyclic) bond motifs is 5. The molecule has 1 heterocycles. The van der Waals surface area contributed by atoms with Crippen molar-refractivity contribution in [3.05, 3.63) is 12.2 Å². The average molecular weight is 346 g/mol. The number of rotatable bonds is 5. The quantitative estimate of drug-likeness (QED) is 0.341. The third-order valence-corrected chi connectivity index (χ3v) is 5.58. The zero-order chi connectivity index (χ0) is 18.2. The number of hydrogen-bond donors (Lipinski definition) is 2. The van der Waals surface area contributed by atoms with E-state index in [1.54, 1.807) is 7.05 Å². The lowest BCUT2D eigenvalue weighted by Crippen LogP contribution is -2.44. The molecular formula is C19H30N4O2. The van der Waals surface area contributed by atoms with E-state index in [-0.39, 0.29) is 40.9 Å². The fourth-order valence-electron chi connectivity index (χ4n) is 4.25. The second-order valence-corrected chi connectivity index (χ2v) is 8.56. The third-order valence-electron chi connectivity index (χ3n) is 5.58. The molecule has 0 aromatic rings. The van der Waals surface area contributed by atoms with Crippen molar-refractivity contribution < 1.29 is 9.59 Å². The highest BCUT2D eigenvalue weighted by Crippen LogP contribution is 2.52. The summed E-state index contributed by atoms with van der Waals surface area (Å²) in [5.41, 5.74) is 0.269. The first kappa shape index (κ1) is 18.0. The first-order chi connectivity index (χ1) is 11.8. The van der Waals surface area contributed by atoms with Gasteiger partial charge in [-0.1, -0.05) is 32.9 Å². The lowest BCUT2D eigenvalue weighted by Gasteiger charge is -2.21. The van der Waals surface area contributed by atoms with E-state index in [9.17, 15) is 9.59 Å². The van der Waals surface area contributed by atoms with E-state index in [1.807, 2.05) is 0 Å². The summed E-state index contributed by atoms with van der Waals surface area (Å²) in [7, 11) is 1.73. The van der Waals surface area contributed by atoms with Crippen LogP contribution in [0.4, 0.5) is 0 Å². The van der Waals surface area contributed by atoms with Gasteiger partial charge in [0.1, 0.15) is 0 Å². The van der Waals surface area contributed by atoms with E-state index < -0.39 is 0 Å². The molecule has 2 N–H and O–H groups in total.